The number of rotatable bonds is 26. The number of aliphatic hydroxyl groups is 3. The summed E-state index contributed by atoms with van der Waals surface area (Å²) in [6, 6.07) is 0. The van der Waals surface area contributed by atoms with Crippen LogP contribution < -0.4 is 0 Å². The molecule has 3 N–H and O–H groups in total. The van der Waals surface area contributed by atoms with E-state index in [1.54, 1.807) is 0 Å². The van der Waals surface area contributed by atoms with E-state index in [1.165, 1.54) is 0 Å². The molecular formula is C36H68O6. The third-order valence-electron chi connectivity index (χ3n) is 9.12. The van der Waals surface area contributed by atoms with Gasteiger partial charge in [0.2, 0.25) is 5.60 Å². The molecule has 0 heterocycles. The van der Waals surface area contributed by atoms with E-state index < -0.39 is 35.2 Å². The summed E-state index contributed by atoms with van der Waals surface area (Å²) in [5.41, 5.74) is -5.80. The molecule has 0 aliphatic carbocycles. The van der Waals surface area contributed by atoms with Crippen molar-refractivity contribution in [1.82, 2.24) is 0 Å². The minimum Gasteiger partial charge on any atom is -0.393 e. The van der Waals surface area contributed by atoms with Gasteiger partial charge < -0.3 is 15.3 Å². The van der Waals surface area contributed by atoms with Crippen LogP contribution in [0.4, 0.5) is 0 Å². The van der Waals surface area contributed by atoms with Crippen LogP contribution in [0.1, 0.15) is 159 Å². The number of carbonyl (C=O) groups is 3. The van der Waals surface area contributed by atoms with Crippen molar-refractivity contribution >= 4 is 17.3 Å². The van der Waals surface area contributed by atoms with Gasteiger partial charge in [0.25, 0.3) is 0 Å². The number of hydrogen-bond donors (Lipinski definition) is 3. The summed E-state index contributed by atoms with van der Waals surface area (Å²) >= 11 is 0. The molecule has 0 rings (SSSR count). The van der Waals surface area contributed by atoms with E-state index in [0.717, 1.165) is 57.8 Å². The van der Waals surface area contributed by atoms with Crippen LogP contribution in [0.3, 0.4) is 0 Å². The molecular weight excluding hydrogens is 528 g/mol. The van der Waals surface area contributed by atoms with Crippen LogP contribution in [0, 0.1) is 35.5 Å². The molecule has 0 aliphatic heterocycles. The summed E-state index contributed by atoms with van der Waals surface area (Å²) in [4.78, 5) is 40.7. The summed E-state index contributed by atoms with van der Waals surface area (Å²) < 4.78 is 0. The molecule has 0 saturated heterocycles. The van der Waals surface area contributed by atoms with Crippen LogP contribution in [0.15, 0.2) is 0 Å². The molecule has 0 aromatic rings. The second-order valence-electron chi connectivity index (χ2n) is 14.9. The average molecular weight is 597 g/mol. The first kappa shape index (κ1) is 40.9. The van der Waals surface area contributed by atoms with Gasteiger partial charge in [-0.1, -0.05) is 120 Å². The van der Waals surface area contributed by atoms with Gasteiger partial charge in [0.15, 0.2) is 23.0 Å². The van der Waals surface area contributed by atoms with E-state index in [-0.39, 0.29) is 37.0 Å². The summed E-state index contributed by atoms with van der Waals surface area (Å²) in [6.07, 6.45) is 10.1. The first-order chi connectivity index (χ1) is 19.5. The van der Waals surface area contributed by atoms with Crippen molar-refractivity contribution in [1.29, 1.82) is 0 Å². The van der Waals surface area contributed by atoms with Crippen molar-refractivity contribution in [3.63, 3.8) is 0 Å². The number of Topliss-reactive ketones (excluding diaryl/α,β-unsaturated/α-hetero) is 3. The number of carbonyl (C=O) groups excluding carboxylic acids is 3. The second-order valence-corrected chi connectivity index (χ2v) is 14.9. The molecule has 0 radical (unpaired) electrons. The maximum Gasteiger partial charge on any atom is 0.219 e. The Bertz CT molecular complexity index is 737. The van der Waals surface area contributed by atoms with Crippen LogP contribution in [0.25, 0.3) is 0 Å². The molecule has 0 spiro atoms. The van der Waals surface area contributed by atoms with E-state index in [2.05, 4.69) is 41.5 Å². The SMILES string of the molecule is CC(C)CCCC(C)CCC(=O)C(O)(CO)C(O)(C(=O)CCC(C)CCCC(C)C)C(=O)CCC(C)CCCC(C)C. The summed E-state index contributed by atoms with van der Waals surface area (Å²) in [5.74, 6) is -0.170. The van der Waals surface area contributed by atoms with Crippen LogP contribution in [-0.4, -0.2) is 50.5 Å². The van der Waals surface area contributed by atoms with Crippen LogP contribution >= 0.6 is 0 Å². The van der Waals surface area contributed by atoms with Crippen molar-refractivity contribution in [2.24, 2.45) is 35.5 Å². The monoisotopic (exact) mass is 597 g/mol. The lowest BCUT2D eigenvalue weighted by Crippen LogP contribution is -2.69. The summed E-state index contributed by atoms with van der Waals surface area (Å²) in [5, 5.41) is 33.7. The normalized spacial score (nSPS) is 17.2. The van der Waals surface area contributed by atoms with E-state index in [4.69, 9.17) is 0 Å². The number of ketones is 3. The van der Waals surface area contributed by atoms with Crippen molar-refractivity contribution < 1.29 is 29.7 Å². The molecule has 0 amide bonds. The standard InChI is InChI=1S/C36H68O6/c1-26(2)13-10-16-29(7)19-22-32(38)35(41,25-37)36(42,33(39)23-20-30(8)17-11-14-27(3)4)34(40)24-21-31(9)18-12-15-28(5)6/h26-31,37,41-42H,10-25H2,1-9H3. The van der Waals surface area contributed by atoms with E-state index in [9.17, 15) is 29.7 Å². The molecule has 0 aromatic carbocycles. The fraction of sp³-hybridized carbons (Fsp3) is 0.917. The lowest BCUT2D eigenvalue weighted by atomic mass is 9.70. The predicted molar refractivity (Wildman–Crippen MR) is 173 cm³/mol. The molecule has 0 aromatic heterocycles. The maximum absolute atomic E-state index is 13.6. The van der Waals surface area contributed by atoms with Crippen molar-refractivity contribution in [2.45, 2.75) is 170 Å². The van der Waals surface area contributed by atoms with E-state index in [1.807, 2.05) is 20.8 Å². The number of hydrogen-bond acceptors (Lipinski definition) is 6. The largest absolute Gasteiger partial charge is 0.393 e. The molecule has 4 unspecified atom stereocenters. The van der Waals surface area contributed by atoms with Gasteiger partial charge in [0, 0.05) is 19.3 Å². The molecule has 6 heteroatoms. The molecule has 4 atom stereocenters. The molecule has 6 nitrogen and oxygen atoms in total. The van der Waals surface area contributed by atoms with Crippen molar-refractivity contribution in [2.75, 3.05) is 6.61 Å². The molecule has 0 aliphatic rings. The first-order valence-corrected chi connectivity index (χ1v) is 17.2. The number of aliphatic hydroxyl groups excluding tert-OH is 1. The van der Waals surface area contributed by atoms with Gasteiger partial charge in [-0.25, -0.2) is 0 Å². The topological polar surface area (TPSA) is 112 Å². The molecule has 0 bridgehead atoms. The van der Waals surface area contributed by atoms with Crippen molar-refractivity contribution in [3.05, 3.63) is 0 Å². The third-order valence-corrected chi connectivity index (χ3v) is 9.12. The summed E-state index contributed by atoms with van der Waals surface area (Å²) in [6.45, 7) is 18.0. The van der Waals surface area contributed by atoms with Gasteiger partial charge >= 0.3 is 0 Å². The smallest absolute Gasteiger partial charge is 0.219 e. The fourth-order valence-electron chi connectivity index (χ4n) is 5.78. The lowest BCUT2D eigenvalue weighted by molar-refractivity contribution is -0.194. The Morgan fingerprint density at radius 2 is 0.762 bits per heavy atom. The maximum atomic E-state index is 13.6. The van der Waals surface area contributed by atoms with Gasteiger partial charge in [-0.2, -0.15) is 0 Å². The Morgan fingerprint density at radius 1 is 0.476 bits per heavy atom. The quantitative estimate of drug-likeness (QED) is 0.0876. The minimum absolute atomic E-state index is 0.111. The zero-order chi connectivity index (χ0) is 32.5. The van der Waals surface area contributed by atoms with Crippen LogP contribution in [0.2, 0.25) is 0 Å². The lowest BCUT2D eigenvalue weighted by Gasteiger charge is -2.39. The molecule has 42 heavy (non-hydrogen) atoms. The minimum atomic E-state index is -2.95. The molecule has 0 fully saturated rings. The first-order valence-electron chi connectivity index (χ1n) is 17.2. The van der Waals surface area contributed by atoms with Gasteiger partial charge in [-0.3, -0.25) is 14.4 Å². The second kappa shape index (κ2) is 20.8. The highest BCUT2D eigenvalue weighted by Crippen LogP contribution is 2.33. The Kier molecular flexibility index (Phi) is 20.2. The van der Waals surface area contributed by atoms with Gasteiger partial charge in [0.1, 0.15) is 0 Å². The Balaban J connectivity index is 5.75. The van der Waals surface area contributed by atoms with Crippen LogP contribution in [0.5, 0.6) is 0 Å². The highest BCUT2D eigenvalue weighted by molar-refractivity contribution is 6.16. The van der Waals surface area contributed by atoms with E-state index in [0.29, 0.717) is 37.0 Å². The van der Waals surface area contributed by atoms with Gasteiger partial charge in [-0.05, 0) is 54.8 Å². The Morgan fingerprint density at radius 3 is 1.02 bits per heavy atom. The van der Waals surface area contributed by atoms with E-state index >= 15 is 0 Å². The third kappa shape index (κ3) is 14.6. The fourth-order valence-corrected chi connectivity index (χ4v) is 5.78. The zero-order valence-electron chi connectivity index (χ0n) is 28.8. The van der Waals surface area contributed by atoms with Crippen molar-refractivity contribution in [3.8, 4) is 0 Å². The molecule has 248 valence electrons. The molecule has 0 saturated carbocycles. The Labute approximate surface area is 258 Å². The van der Waals surface area contributed by atoms with Crippen LogP contribution in [-0.2, 0) is 14.4 Å². The van der Waals surface area contributed by atoms with Gasteiger partial charge in [-0.15, -0.1) is 0 Å². The highest BCUT2D eigenvalue weighted by atomic mass is 16.4. The van der Waals surface area contributed by atoms with Gasteiger partial charge in [0.05, 0.1) is 6.61 Å². The zero-order valence-corrected chi connectivity index (χ0v) is 28.8. The Hall–Kier alpha value is -1.11. The predicted octanol–water partition coefficient (Wildman–Crippen LogP) is 7.88. The average Bonchev–Trinajstić information content (AvgIpc) is 2.91. The highest BCUT2D eigenvalue weighted by Gasteiger charge is 2.62. The summed E-state index contributed by atoms with van der Waals surface area (Å²) in [7, 11) is 0.